The maximum atomic E-state index is 13.5. The van der Waals surface area contributed by atoms with Gasteiger partial charge in [0.1, 0.15) is 17.5 Å². The van der Waals surface area contributed by atoms with Gasteiger partial charge in [-0.3, -0.25) is 14.6 Å². The van der Waals surface area contributed by atoms with E-state index in [1.165, 1.54) is 43.5 Å². The lowest BCUT2D eigenvalue weighted by Crippen LogP contribution is -2.28. The summed E-state index contributed by atoms with van der Waals surface area (Å²) < 4.78 is 39.0. The lowest BCUT2D eigenvalue weighted by Gasteiger charge is -2.25. The number of halogens is 3. The minimum Gasteiger partial charge on any atom is -0.349 e. The lowest BCUT2D eigenvalue weighted by atomic mass is 9.82. The molecule has 0 unspecified atom stereocenters. The second kappa shape index (κ2) is 10.3. The third kappa shape index (κ3) is 6.09. The van der Waals surface area contributed by atoms with Crippen molar-refractivity contribution in [3.05, 3.63) is 80.3 Å². The number of hydrogen-bond donors (Lipinski definition) is 3. The van der Waals surface area contributed by atoms with Crippen LogP contribution in [0, 0.1) is 23.4 Å². The molecule has 1 atom stereocenters. The summed E-state index contributed by atoms with van der Waals surface area (Å²) in [6.07, 6.45) is 5.09. The molecule has 0 spiro atoms. The van der Waals surface area contributed by atoms with Crippen LogP contribution in [0.2, 0.25) is 0 Å². The van der Waals surface area contributed by atoms with E-state index >= 15 is 0 Å². The van der Waals surface area contributed by atoms with Gasteiger partial charge < -0.3 is 10.3 Å². The van der Waals surface area contributed by atoms with E-state index in [2.05, 4.69) is 10.3 Å². The highest BCUT2D eigenvalue weighted by molar-refractivity contribution is 5.77. The summed E-state index contributed by atoms with van der Waals surface area (Å²) in [4.78, 5) is 38.0. The zero-order chi connectivity index (χ0) is 23.3. The van der Waals surface area contributed by atoms with E-state index in [0.717, 1.165) is 18.6 Å². The summed E-state index contributed by atoms with van der Waals surface area (Å²) in [6, 6.07) is 6.58. The predicted octanol–water partition coefficient (Wildman–Crippen LogP) is 4.57. The first kappa shape index (κ1) is 23.3. The first-order valence-corrected chi connectivity index (χ1v) is 10.4. The molecule has 6 nitrogen and oxygen atoms in total. The van der Waals surface area contributed by atoms with Crippen LogP contribution in [0.15, 0.2) is 46.0 Å². The highest BCUT2D eigenvalue weighted by atomic mass is 19.1. The van der Waals surface area contributed by atoms with Crippen molar-refractivity contribution in [1.29, 1.82) is 0 Å². The molecule has 4 rings (SSSR count). The van der Waals surface area contributed by atoms with Crippen molar-refractivity contribution in [3.8, 4) is 0 Å². The van der Waals surface area contributed by atoms with Gasteiger partial charge in [0.2, 0.25) is 5.91 Å². The van der Waals surface area contributed by atoms with Crippen LogP contribution in [-0.2, 0) is 4.79 Å². The molecule has 0 saturated heterocycles. The standard InChI is InChI=1S/C15H19F2NO.C8H5FN2O2.2H2/c1-10(13-7-6-12(16)9-14(13)17)18-15(19)8-5-11-3-2-4-11;9-4-1-2-6-5(3-4)7(12)11-8(13)10-6;;/h6-7,9-11H,2-5,8H2,1H3,(H,18,19);1-3H,(H2,10,11,12,13);2*1H/t10-;;;/m0.../s1. The molecule has 0 bridgehead atoms. The molecule has 0 aliphatic heterocycles. The molecule has 174 valence electrons. The van der Waals surface area contributed by atoms with Gasteiger partial charge in [-0.1, -0.05) is 25.3 Å². The molecule has 32 heavy (non-hydrogen) atoms. The number of aromatic nitrogens is 2. The molecule has 1 aromatic heterocycles. The molecule has 1 saturated carbocycles. The molecule has 0 radical (unpaired) electrons. The van der Waals surface area contributed by atoms with Crippen LogP contribution in [-0.4, -0.2) is 15.9 Å². The van der Waals surface area contributed by atoms with Crippen LogP contribution >= 0.6 is 0 Å². The van der Waals surface area contributed by atoms with E-state index in [-0.39, 0.29) is 14.1 Å². The van der Waals surface area contributed by atoms with Crippen molar-refractivity contribution in [2.24, 2.45) is 5.92 Å². The van der Waals surface area contributed by atoms with Crippen molar-refractivity contribution < 1.29 is 20.8 Å². The summed E-state index contributed by atoms with van der Waals surface area (Å²) in [5.74, 6) is -1.12. The first-order valence-electron chi connectivity index (χ1n) is 10.4. The SMILES string of the molecule is C[C@H](NC(=O)CCC1CCC1)c1ccc(F)cc1F.O=c1[nH]c(=O)c2cc(F)ccc2[nH]1.[HH].[HH]. The van der Waals surface area contributed by atoms with Crippen LogP contribution in [0.5, 0.6) is 0 Å². The Balaban J connectivity index is 0.000000340. The minimum atomic E-state index is -0.619. The number of hydrogen-bond acceptors (Lipinski definition) is 3. The largest absolute Gasteiger partial charge is 0.349 e. The Morgan fingerprint density at radius 2 is 1.78 bits per heavy atom. The molecule has 2 aromatic carbocycles. The van der Waals surface area contributed by atoms with Crippen molar-refractivity contribution >= 4 is 16.8 Å². The van der Waals surface area contributed by atoms with E-state index in [1.54, 1.807) is 6.92 Å². The van der Waals surface area contributed by atoms with E-state index in [1.807, 2.05) is 4.98 Å². The number of carbonyl (C=O) groups is 1. The normalized spacial score (nSPS) is 14.2. The van der Waals surface area contributed by atoms with Gasteiger partial charge in [-0.25, -0.2) is 18.0 Å². The smallest absolute Gasteiger partial charge is 0.326 e. The van der Waals surface area contributed by atoms with E-state index in [0.29, 0.717) is 23.4 Å². The van der Waals surface area contributed by atoms with E-state index in [4.69, 9.17) is 0 Å². The van der Waals surface area contributed by atoms with Crippen LogP contribution in [0.1, 0.15) is 53.5 Å². The molecular weight excluding hydrogens is 423 g/mol. The summed E-state index contributed by atoms with van der Waals surface area (Å²) in [5, 5.41) is 2.90. The topological polar surface area (TPSA) is 94.8 Å². The molecule has 1 heterocycles. The Morgan fingerprint density at radius 1 is 1.09 bits per heavy atom. The third-order valence-corrected chi connectivity index (χ3v) is 5.51. The monoisotopic (exact) mass is 451 g/mol. The Bertz CT molecular complexity index is 1230. The second-order valence-electron chi connectivity index (χ2n) is 7.89. The van der Waals surface area contributed by atoms with Gasteiger partial charge in [0.25, 0.3) is 5.56 Å². The second-order valence-corrected chi connectivity index (χ2v) is 7.89. The van der Waals surface area contributed by atoms with E-state index in [9.17, 15) is 27.6 Å². The van der Waals surface area contributed by atoms with Crippen molar-refractivity contribution in [2.75, 3.05) is 0 Å². The van der Waals surface area contributed by atoms with E-state index < -0.39 is 34.7 Å². The Kier molecular flexibility index (Phi) is 7.50. The maximum Gasteiger partial charge on any atom is 0.326 e. The summed E-state index contributed by atoms with van der Waals surface area (Å²) >= 11 is 0. The number of fused-ring (bicyclic) bond motifs is 1. The zero-order valence-electron chi connectivity index (χ0n) is 17.5. The number of amides is 1. The molecule has 1 amide bonds. The van der Waals surface area contributed by atoms with Gasteiger partial charge >= 0.3 is 5.69 Å². The quantitative estimate of drug-likeness (QED) is 0.530. The molecule has 1 fully saturated rings. The number of benzene rings is 2. The molecular formula is C23H28F3N3O3. The third-order valence-electron chi connectivity index (χ3n) is 5.51. The first-order chi connectivity index (χ1) is 15.2. The molecule has 1 aliphatic carbocycles. The van der Waals surface area contributed by atoms with Gasteiger partial charge in [0, 0.05) is 20.9 Å². The Labute approximate surface area is 184 Å². The van der Waals surface area contributed by atoms with Gasteiger partial charge in [-0.2, -0.15) is 0 Å². The van der Waals surface area contributed by atoms with Crippen molar-refractivity contribution in [3.63, 3.8) is 0 Å². The van der Waals surface area contributed by atoms with Gasteiger partial charge in [0.05, 0.1) is 16.9 Å². The van der Waals surface area contributed by atoms with Crippen molar-refractivity contribution in [2.45, 2.75) is 45.1 Å². The number of carbonyl (C=O) groups excluding carboxylic acids is 1. The van der Waals surface area contributed by atoms with Crippen LogP contribution in [0.4, 0.5) is 13.2 Å². The highest BCUT2D eigenvalue weighted by Gasteiger charge is 2.19. The molecule has 1 aliphatic rings. The molecule has 3 N–H and O–H groups in total. The fraction of sp³-hybridized carbons (Fsp3) is 0.348. The highest BCUT2D eigenvalue weighted by Crippen LogP contribution is 2.30. The molecule has 9 heteroatoms. The fourth-order valence-corrected chi connectivity index (χ4v) is 3.50. The predicted molar refractivity (Wildman–Crippen MR) is 119 cm³/mol. The van der Waals surface area contributed by atoms with Crippen molar-refractivity contribution in [1.82, 2.24) is 15.3 Å². The Morgan fingerprint density at radius 3 is 2.44 bits per heavy atom. The number of nitrogens with one attached hydrogen (secondary N) is 3. The van der Waals surface area contributed by atoms with Gasteiger partial charge in [0.15, 0.2) is 0 Å². The minimum absolute atomic E-state index is 0. The average Bonchev–Trinajstić information content (AvgIpc) is 2.67. The Hall–Kier alpha value is -3.36. The number of H-pyrrole nitrogens is 2. The van der Waals surface area contributed by atoms with Gasteiger partial charge in [-0.05, 0) is 43.5 Å². The number of aromatic amines is 2. The zero-order valence-corrected chi connectivity index (χ0v) is 17.5. The summed E-state index contributed by atoms with van der Waals surface area (Å²) in [5.41, 5.74) is -0.532. The number of rotatable bonds is 5. The van der Waals surface area contributed by atoms with Crippen LogP contribution in [0.3, 0.4) is 0 Å². The summed E-state index contributed by atoms with van der Waals surface area (Å²) in [7, 11) is 0. The average molecular weight is 451 g/mol. The van der Waals surface area contributed by atoms with Crippen LogP contribution in [0.25, 0.3) is 10.9 Å². The maximum absolute atomic E-state index is 13.5. The lowest BCUT2D eigenvalue weighted by molar-refractivity contribution is -0.122. The van der Waals surface area contributed by atoms with Gasteiger partial charge in [-0.15, -0.1) is 0 Å². The fourth-order valence-electron chi connectivity index (χ4n) is 3.50. The summed E-state index contributed by atoms with van der Waals surface area (Å²) in [6.45, 7) is 1.71. The van der Waals surface area contributed by atoms with Crippen LogP contribution < -0.4 is 16.6 Å². The molecule has 3 aromatic rings.